The van der Waals surface area contributed by atoms with Crippen LogP contribution in [-0.4, -0.2) is 62.1 Å². The first-order chi connectivity index (χ1) is 14.7. The molecule has 12 heteroatoms. The Labute approximate surface area is 180 Å². The molecule has 2 aliphatic rings. The minimum Gasteiger partial charge on any atom is -0.475 e. The lowest BCUT2D eigenvalue weighted by Crippen LogP contribution is -2.59. The van der Waals surface area contributed by atoms with Gasteiger partial charge in [0.15, 0.2) is 0 Å². The van der Waals surface area contributed by atoms with Crippen LogP contribution in [0.15, 0.2) is 30.2 Å². The lowest BCUT2D eigenvalue weighted by atomic mass is 9.59. The third kappa shape index (κ3) is 5.97. The summed E-state index contributed by atoms with van der Waals surface area (Å²) in [5, 5.41) is 13.5. The van der Waals surface area contributed by atoms with Gasteiger partial charge in [0.25, 0.3) is 5.91 Å². The highest BCUT2D eigenvalue weighted by atomic mass is 32.1. The standard InChI is InChI=1S/C17H21N5OS.C2HF3O2/c23-16(13-11-18-5-6-19-13)21-14-1-2-17(14)3-8-22(9-4-17)12-15-20-7-10-24-15;3-2(4,5)1(6)7/h5-7,10-11,14H,1-4,8-9,12H2,(H,21,23);(H,6,7). The van der Waals surface area contributed by atoms with E-state index in [1.807, 2.05) is 11.6 Å². The molecule has 31 heavy (non-hydrogen) atoms. The van der Waals surface area contributed by atoms with Crippen molar-refractivity contribution in [3.05, 3.63) is 40.9 Å². The fourth-order valence-corrected chi connectivity index (χ4v) is 4.51. The molecule has 1 amide bonds. The Morgan fingerprint density at radius 1 is 1.19 bits per heavy atom. The highest BCUT2D eigenvalue weighted by molar-refractivity contribution is 7.09. The van der Waals surface area contributed by atoms with Gasteiger partial charge in [0.05, 0.1) is 12.7 Å². The number of alkyl halides is 3. The quantitative estimate of drug-likeness (QED) is 0.727. The molecule has 2 N–H and O–H groups in total. The van der Waals surface area contributed by atoms with Crippen LogP contribution in [-0.2, 0) is 11.3 Å². The number of aromatic nitrogens is 3. The second-order valence-electron chi connectivity index (χ2n) is 7.52. The third-order valence-electron chi connectivity index (χ3n) is 5.71. The number of carbonyl (C=O) groups excluding carboxylic acids is 1. The predicted octanol–water partition coefficient (Wildman–Crippen LogP) is 2.74. The molecule has 1 unspecified atom stereocenters. The molecule has 2 fully saturated rings. The van der Waals surface area contributed by atoms with Crippen molar-refractivity contribution in [3.63, 3.8) is 0 Å². The molecule has 1 saturated heterocycles. The molecule has 1 saturated carbocycles. The summed E-state index contributed by atoms with van der Waals surface area (Å²) < 4.78 is 31.7. The number of hydrogen-bond acceptors (Lipinski definition) is 7. The lowest BCUT2D eigenvalue weighted by Gasteiger charge is -2.54. The predicted molar refractivity (Wildman–Crippen MR) is 105 cm³/mol. The second-order valence-corrected chi connectivity index (χ2v) is 8.50. The molecule has 1 atom stereocenters. The van der Waals surface area contributed by atoms with Gasteiger partial charge in [-0.25, -0.2) is 14.8 Å². The maximum absolute atomic E-state index is 12.3. The Hall–Kier alpha value is -2.60. The molecular formula is C19H22F3N5O3S. The van der Waals surface area contributed by atoms with Crippen LogP contribution in [0.2, 0.25) is 0 Å². The van der Waals surface area contributed by atoms with Gasteiger partial charge >= 0.3 is 12.1 Å². The number of carboxylic acid groups (broad SMARTS) is 1. The maximum Gasteiger partial charge on any atom is 0.490 e. The Morgan fingerprint density at radius 2 is 1.90 bits per heavy atom. The van der Waals surface area contributed by atoms with Gasteiger partial charge in [-0.1, -0.05) is 0 Å². The second kappa shape index (κ2) is 9.69. The van der Waals surface area contributed by atoms with Crippen LogP contribution in [0.1, 0.15) is 41.2 Å². The number of piperidine rings is 1. The van der Waals surface area contributed by atoms with Gasteiger partial charge in [-0.3, -0.25) is 14.7 Å². The molecule has 1 aliphatic heterocycles. The van der Waals surface area contributed by atoms with Crippen molar-refractivity contribution in [2.45, 2.75) is 44.4 Å². The number of carboxylic acids is 1. The minimum atomic E-state index is -5.08. The lowest BCUT2D eigenvalue weighted by molar-refractivity contribution is -0.192. The summed E-state index contributed by atoms with van der Waals surface area (Å²) in [7, 11) is 0. The average molecular weight is 457 g/mol. The van der Waals surface area contributed by atoms with Crippen LogP contribution in [0, 0.1) is 5.41 Å². The number of nitrogens with one attached hydrogen (secondary N) is 1. The number of thiazole rings is 1. The number of halogens is 3. The zero-order valence-electron chi connectivity index (χ0n) is 16.5. The first-order valence-corrected chi connectivity index (χ1v) is 10.6. The topological polar surface area (TPSA) is 108 Å². The zero-order valence-corrected chi connectivity index (χ0v) is 17.3. The van der Waals surface area contributed by atoms with E-state index in [0.717, 1.165) is 38.9 Å². The molecule has 4 rings (SSSR count). The fourth-order valence-electron chi connectivity index (χ4n) is 3.85. The van der Waals surface area contributed by atoms with Crippen LogP contribution in [0.25, 0.3) is 0 Å². The van der Waals surface area contributed by atoms with E-state index in [0.29, 0.717) is 5.69 Å². The van der Waals surface area contributed by atoms with Gasteiger partial charge in [-0.2, -0.15) is 13.2 Å². The van der Waals surface area contributed by atoms with E-state index in [1.165, 1.54) is 17.6 Å². The zero-order chi connectivity index (χ0) is 22.5. The number of amides is 1. The number of carbonyl (C=O) groups is 2. The van der Waals surface area contributed by atoms with E-state index in [1.54, 1.807) is 23.7 Å². The summed E-state index contributed by atoms with van der Waals surface area (Å²) in [6.07, 6.45) is 6.02. The summed E-state index contributed by atoms with van der Waals surface area (Å²) in [4.78, 5) is 36.1. The maximum atomic E-state index is 12.3. The molecule has 0 aromatic carbocycles. The largest absolute Gasteiger partial charge is 0.490 e. The van der Waals surface area contributed by atoms with E-state index >= 15 is 0 Å². The minimum absolute atomic E-state index is 0.0996. The first-order valence-electron chi connectivity index (χ1n) is 9.67. The summed E-state index contributed by atoms with van der Waals surface area (Å²) in [5.74, 6) is -2.86. The fraction of sp³-hybridized carbons (Fsp3) is 0.526. The van der Waals surface area contributed by atoms with Gasteiger partial charge in [0.2, 0.25) is 0 Å². The molecule has 0 bridgehead atoms. The van der Waals surface area contributed by atoms with Crippen molar-refractivity contribution in [1.82, 2.24) is 25.2 Å². The van der Waals surface area contributed by atoms with E-state index in [4.69, 9.17) is 9.90 Å². The molecule has 1 spiro atoms. The SMILES string of the molecule is O=C(NC1CCC12CCN(Cc1nccs1)CC2)c1cnccn1.O=C(O)C(F)(F)F. The molecular weight excluding hydrogens is 435 g/mol. The highest BCUT2D eigenvalue weighted by Crippen LogP contribution is 2.49. The number of hydrogen-bond donors (Lipinski definition) is 2. The number of nitrogens with zero attached hydrogens (tertiary/aromatic N) is 4. The number of rotatable bonds is 4. The van der Waals surface area contributed by atoms with Crippen molar-refractivity contribution in [2.24, 2.45) is 5.41 Å². The molecule has 8 nitrogen and oxygen atoms in total. The Morgan fingerprint density at radius 3 is 2.39 bits per heavy atom. The van der Waals surface area contributed by atoms with Crippen molar-refractivity contribution >= 4 is 23.2 Å². The number of aliphatic carboxylic acids is 1. The molecule has 1 aliphatic carbocycles. The molecule has 168 valence electrons. The summed E-state index contributed by atoms with van der Waals surface area (Å²) in [6, 6.07) is 0.272. The van der Waals surface area contributed by atoms with E-state index in [-0.39, 0.29) is 17.4 Å². The van der Waals surface area contributed by atoms with Crippen LogP contribution < -0.4 is 5.32 Å². The molecule has 2 aromatic heterocycles. The van der Waals surface area contributed by atoms with Gasteiger partial charge < -0.3 is 10.4 Å². The summed E-state index contributed by atoms with van der Waals surface area (Å²) in [5.41, 5.74) is 0.679. The van der Waals surface area contributed by atoms with Gasteiger partial charge in [-0.05, 0) is 44.2 Å². The number of likely N-dealkylation sites (tertiary alicyclic amines) is 1. The molecule has 3 heterocycles. The van der Waals surface area contributed by atoms with Crippen molar-refractivity contribution in [2.75, 3.05) is 13.1 Å². The average Bonchev–Trinajstić information content (AvgIpc) is 3.25. The van der Waals surface area contributed by atoms with E-state index < -0.39 is 12.1 Å². The smallest absolute Gasteiger partial charge is 0.475 e. The summed E-state index contributed by atoms with van der Waals surface area (Å²) >= 11 is 1.72. The monoisotopic (exact) mass is 457 g/mol. The van der Waals surface area contributed by atoms with E-state index in [9.17, 15) is 18.0 Å². The van der Waals surface area contributed by atoms with Gasteiger partial charge in [0.1, 0.15) is 10.7 Å². The Balaban J connectivity index is 0.000000339. The Bertz CT molecular complexity index is 872. The van der Waals surface area contributed by atoms with Crippen molar-refractivity contribution < 1.29 is 27.9 Å². The van der Waals surface area contributed by atoms with Crippen molar-refractivity contribution in [3.8, 4) is 0 Å². The molecule has 2 aromatic rings. The normalized spacial score (nSPS) is 20.3. The van der Waals surface area contributed by atoms with Gasteiger partial charge in [0, 0.05) is 30.0 Å². The van der Waals surface area contributed by atoms with E-state index in [2.05, 4.69) is 25.2 Å². The summed E-state index contributed by atoms with van der Waals surface area (Å²) in [6.45, 7) is 3.11. The van der Waals surface area contributed by atoms with Gasteiger partial charge in [-0.15, -0.1) is 11.3 Å². The van der Waals surface area contributed by atoms with Crippen LogP contribution >= 0.6 is 11.3 Å². The highest BCUT2D eigenvalue weighted by Gasteiger charge is 2.48. The first kappa shape index (κ1) is 23.1. The van der Waals surface area contributed by atoms with Crippen LogP contribution in [0.4, 0.5) is 13.2 Å². The Kier molecular flexibility index (Phi) is 7.21. The third-order valence-corrected chi connectivity index (χ3v) is 6.47. The molecule has 0 radical (unpaired) electrons. The van der Waals surface area contributed by atoms with Crippen LogP contribution in [0.3, 0.4) is 0 Å². The van der Waals surface area contributed by atoms with Crippen LogP contribution in [0.5, 0.6) is 0 Å². The van der Waals surface area contributed by atoms with Crippen molar-refractivity contribution in [1.29, 1.82) is 0 Å².